The van der Waals surface area contributed by atoms with Gasteiger partial charge in [-0.2, -0.15) is 0 Å². The van der Waals surface area contributed by atoms with Crippen molar-refractivity contribution in [1.82, 2.24) is 0 Å². The van der Waals surface area contributed by atoms with Crippen LogP contribution in [-0.4, -0.2) is 6.16 Å². The minimum absolute atomic E-state index is 0.509. The maximum atomic E-state index is 6.31. The van der Waals surface area contributed by atoms with Gasteiger partial charge < -0.3 is 4.52 Å². The van der Waals surface area contributed by atoms with Crippen LogP contribution in [0.5, 0.6) is 5.75 Å². The maximum Gasteiger partial charge on any atom is 0.129 e. The Morgan fingerprint density at radius 3 is 2.08 bits per heavy atom. The van der Waals surface area contributed by atoms with Gasteiger partial charge in [0, 0.05) is 6.16 Å². The lowest BCUT2D eigenvalue weighted by Gasteiger charge is -2.17. The number of hydrogen-bond acceptors (Lipinski definition) is 2. The third kappa shape index (κ3) is 7.81. The van der Waals surface area contributed by atoms with E-state index in [1.165, 1.54) is 68.6 Å². The average molecular weight is 363 g/mol. The highest BCUT2D eigenvalue weighted by molar-refractivity contribution is 7.67. The van der Waals surface area contributed by atoms with Crippen LogP contribution in [0.4, 0.5) is 0 Å². The Balaban J connectivity index is 1.66. The van der Waals surface area contributed by atoms with Gasteiger partial charge in [-0.25, -0.2) is 0 Å². The summed E-state index contributed by atoms with van der Waals surface area (Å²) < 4.78 is 7.72. The molecular formula is C21H31OPS. The lowest BCUT2D eigenvalue weighted by molar-refractivity contribution is 0.569. The van der Waals surface area contributed by atoms with Crippen molar-refractivity contribution in [2.75, 3.05) is 6.16 Å². The van der Waals surface area contributed by atoms with E-state index in [9.17, 15) is 0 Å². The lowest BCUT2D eigenvalue weighted by atomic mass is 10.1. The molecule has 0 fully saturated rings. The van der Waals surface area contributed by atoms with Crippen LogP contribution in [0, 0.1) is 0 Å². The predicted octanol–water partition coefficient (Wildman–Crippen LogP) is 7.38. The summed E-state index contributed by atoms with van der Waals surface area (Å²) >= 11 is 1.83. The van der Waals surface area contributed by atoms with E-state index in [2.05, 4.69) is 48.7 Å². The van der Waals surface area contributed by atoms with Crippen LogP contribution in [0.3, 0.4) is 0 Å². The first kappa shape index (κ1) is 19.5. The molecule has 0 aliphatic rings. The summed E-state index contributed by atoms with van der Waals surface area (Å²) in [5, 5.41) is 2.16. The topological polar surface area (TPSA) is 9.23 Å². The Kier molecular flexibility index (Phi) is 10.1. The van der Waals surface area contributed by atoms with Crippen molar-refractivity contribution in [2.45, 2.75) is 64.7 Å². The molecule has 0 bridgehead atoms. The van der Waals surface area contributed by atoms with E-state index >= 15 is 0 Å². The summed E-state index contributed by atoms with van der Waals surface area (Å²) in [5.41, 5.74) is 0. The molecule has 0 saturated heterocycles. The molecule has 3 heteroatoms. The van der Waals surface area contributed by atoms with Gasteiger partial charge >= 0.3 is 0 Å². The SMILES string of the molecule is CCCCCCCCCCCP(Oc1ccccc1)c1cccs1. The summed E-state index contributed by atoms with van der Waals surface area (Å²) in [6.45, 7) is 2.28. The fourth-order valence-electron chi connectivity index (χ4n) is 2.79. The summed E-state index contributed by atoms with van der Waals surface area (Å²) in [6.07, 6.45) is 13.6. The van der Waals surface area contributed by atoms with E-state index in [0.29, 0.717) is 0 Å². The highest BCUT2D eigenvalue weighted by Crippen LogP contribution is 2.39. The molecule has 0 aliphatic carbocycles. The molecule has 0 aliphatic heterocycles. The monoisotopic (exact) mass is 362 g/mol. The number of benzene rings is 1. The van der Waals surface area contributed by atoms with Gasteiger partial charge in [-0.1, -0.05) is 82.6 Å². The average Bonchev–Trinajstić information content (AvgIpc) is 3.15. The van der Waals surface area contributed by atoms with Gasteiger partial charge in [0.2, 0.25) is 0 Å². The molecule has 0 spiro atoms. The van der Waals surface area contributed by atoms with Gasteiger partial charge in [0.05, 0.1) is 4.62 Å². The number of para-hydroxylation sites is 1. The maximum absolute atomic E-state index is 6.31. The van der Waals surface area contributed by atoms with Crippen LogP contribution in [0.25, 0.3) is 0 Å². The minimum Gasteiger partial charge on any atom is -0.468 e. The zero-order valence-electron chi connectivity index (χ0n) is 15.0. The van der Waals surface area contributed by atoms with Crippen molar-refractivity contribution in [3.05, 3.63) is 47.8 Å². The second kappa shape index (κ2) is 12.5. The molecule has 1 aromatic heterocycles. The van der Waals surface area contributed by atoms with E-state index in [1.807, 2.05) is 17.4 Å². The van der Waals surface area contributed by atoms with Gasteiger partial charge in [-0.15, -0.1) is 11.3 Å². The Morgan fingerprint density at radius 2 is 1.46 bits per heavy atom. The molecule has 0 amide bonds. The Bertz CT molecular complexity index is 512. The lowest BCUT2D eigenvalue weighted by Crippen LogP contribution is -2.04. The third-order valence-corrected chi connectivity index (χ3v) is 7.57. The molecule has 24 heavy (non-hydrogen) atoms. The summed E-state index contributed by atoms with van der Waals surface area (Å²) in [5.74, 6) is 1.01. The van der Waals surface area contributed by atoms with Crippen LogP contribution in [0.2, 0.25) is 0 Å². The summed E-state index contributed by atoms with van der Waals surface area (Å²) in [6, 6.07) is 14.7. The van der Waals surface area contributed by atoms with Crippen LogP contribution in [0.15, 0.2) is 47.8 Å². The molecule has 1 atom stereocenters. The van der Waals surface area contributed by atoms with Gasteiger partial charge in [0.1, 0.15) is 13.9 Å². The van der Waals surface area contributed by atoms with Gasteiger partial charge in [-0.3, -0.25) is 0 Å². The van der Waals surface area contributed by atoms with Gasteiger partial charge in [-0.05, 0) is 30.0 Å². The van der Waals surface area contributed by atoms with Crippen molar-refractivity contribution in [3.63, 3.8) is 0 Å². The van der Waals surface area contributed by atoms with E-state index < -0.39 is 8.15 Å². The van der Waals surface area contributed by atoms with Gasteiger partial charge in [0.25, 0.3) is 0 Å². The number of unbranched alkanes of at least 4 members (excludes halogenated alkanes) is 8. The highest BCUT2D eigenvalue weighted by atomic mass is 32.1. The van der Waals surface area contributed by atoms with E-state index in [0.717, 1.165) is 5.75 Å². The third-order valence-electron chi connectivity index (χ3n) is 4.18. The molecule has 1 aromatic carbocycles. The van der Waals surface area contributed by atoms with Crippen LogP contribution < -0.4 is 9.14 Å². The molecule has 1 nitrogen and oxygen atoms in total. The number of rotatable bonds is 13. The molecule has 132 valence electrons. The molecule has 2 aromatic rings. The van der Waals surface area contributed by atoms with Crippen molar-refractivity contribution in [3.8, 4) is 5.75 Å². The fourth-order valence-corrected chi connectivity index (χ4v) is 5.82. The van der Waals surface area contributed by atoms with Crippen LogP contribution >= 0.6 is 19.5 Å². The standard InChI is InChI=1S/C21H31OPS/c1-2-3-4-5-6-7-8-9-13-18-23(21-17-14-19-24-21)22-20-15-11-10-12-16-20/h10-12,14-17,19H,2-9,13,18H2,1H3. The molecule has 1 heterocycles. The van der Waals surface area contributed by atoms with Crippen molar-refractivity contribution in [1.29, 1.82) is 0 Å². The number of hydrogen-bond donors (Lipinski definition) is 0. The smallest absolute Gasteiger partial charge is 0.129 e. The van der Waals surface area contributed by atoms with E-state index in [4.69, 9.17) is 4.52 Å². The first-order valence-corrected chi connectivity index (χ1v) is 11.8. The van der Waals surface area contributed by atoms with Crippen LogP contribution in [-0.2, 0) is 0 Å². The second-order valence-electron chi connectivity index (χ2n) is 6.29. The normalized spacial score (nSPS) is 12.2. The van der Waals surface area contributed by atoms with Crippen LogP contribution in [0.1, 0.15) is 64.7 Å². The molecule has 1 unspecified atom stereocenters. The summed E-state index contributed by atoms with van der Waals surface area (Å²) in [7, 11) is -0.509. The first-order chi connectivity index (χ1) is 11.9. The van der Waals surface area contributed by atoms with Gasteiger partial charge in [0.15, 0.2) is 0 Å². The zero-order chi connectivity index (χ0) is 16.9. The quantitative estimate of drug-likeness (QED) is 0.267. The number of thiophene rings is 1. The van der Waals surface area contributed by atoms with Crippen molar-refractivity contribution in [2.24, 2.45) is 0 Å². The first-order valence-electron chi connectivity index (χ1n) is 9.44. The molecule has 0 radical (unpaired) electrons. The van der Waals surface area contributed by atoms with Crippen molar-refractivity contribution >= 4 is 24.1 Å². The van der Waals surface area contributed by atoms with E-state index in [1.54, 1.807) is 0 Å². The largest absolute Gasteiger partial charge is 0.468 e. The molecular weight excluding hydrogens is 331 g/mol. The molecule has 0 saturated carbocycles. The second-order valence-corrected chi connectivity index (χ2v) is 9.41. The fraction of sp³-hybridized carbons (Fsp3) is 0.524. The Labute approximate surface area is 153 Å². The minimum atomic E-state index is -0.509. The predicted molar refractivity (Wildman–Crippen MR) is 110 cm³/mol. The highest BCUT2D eigenvalue weighted by Gasteiger charge is 2.14. The Hall–Kier alpha value is -0.850. The molecule has 0 N–H and O–H groups in total. The zero-order valence-corrected chi connectivity index (χ0v) is 16.7. The van der Waals surface area contributed by atoms with E-state index in [-0.39, 0.29) is 0 Å². The Morgan fingerprint density at radius 1 is 0.792 bits per heavy atom. The summed E-state index contributed by atoms with van der Waals surface area (Å²) in [4.78, 5) is 0. The molecule has 2 rings (SSSR count). The van der Waals surface area contributed by atoms with Crippen molar-refractivity contribution < 1.29 is 4.52 Å².